The predicted molar refractivity (Wildman–Crippen MR) is 158 cm³/mol. The van der Waals surface area contributed by atoms with Crippen LogP contribution in [0.2, 0.25) is 0 Å². The summed E-state index contributed by atoms with van der Waals surface area (Å²) in [5, 5.41) is 5.55. The molecule has 0 unspecified atom stereocenters. The molecule has 0 aliphatic heterocycles. The average molecular weight is 557 g/mol. The third-order valence-corrected chi connectivity index (χ3v) is 5.59. The van der Waals surface area contributed by atoms with Crippen molar-refractivity contribution in [3.8, 4) is 11.5 Å². The number of carbonyl (C=O) groups is 2. The third-order valence-electron chi connectivity index (χ3n) is 5.59. The molecule has 2 amide bonds. The van der Waals surface area contributed by atoms with Crippen molar-refractivity contribution in [1.29, 1.82) is 0 Å². The second-order valence-corrected chi connectivity index (χ2v) is 11.8. The summed E-state index contributed by atoms with van der Waals surface area (Å²) in [4.78, 5) is 23.4. The lowest BCUT2D eigenvalue weighted by Gasteiger charge is -2.19. The summed E-state index contributed by atoms with van der Waals surface area (Å²) in [7, 11) is 0. The van der Waals surface area contributed by atoms with E-state index in [9.17, 15) is 9.59 Å². The normalized spacial score (nSPS) is 11.4. The number of alkyl carbamates (subject to hydrolysis) is 2. The fraction of sp³-hybridized carbons (Fsp3) is 0.562. The molecule has 0 bridgehead atoms. The lowest BCUT2D eigenvalue weighted by atomic mass is 10.1. The predicted octanol–water partition coefficient (Wildman–Crippen LogP) is 6.84. The number of nitrogens with one attached hydrogen (secondary N) is 2. The Balaban J connectivity index is 1.49. The van der Waals surface area contributed by atoms with Crippen LogP contribution in [0.4, 0.5) is 9.59 Å². The first kappa shape index (κ1) is 32.8. The average Bonchev–Trinajstić information content (AvgIpc) is 2.85. The van der Waals surface area contributed by atoms with Crippen LogP contribution in [0, 0.1) is 0 Å². The third kappa shape index (κ3) is 15.9. The maximum Gasteiger partial charge on any atom is 0.407 e. The second kappa shape index (κ2) is 16.6. The van der Waals surface area contributed by atoms with Crippen LogP contribution in [0.25, 0.3) is 0 Å². The van der Waals surface area contributed by atoms with E-state index in [0.717, 1.165) is 61.2 Å². The zero-order chi connectivity index (χ0) is 29.4. The first-order chi connectivity index (χ1) is 18.9. The summed E-state index contributed by atoms with van der Waals surface area (Å²) in [5.41, 5.74) is 1.29. The van der Waals surface area contributed by atoms with E-state index >= 15 is 0 Å². The van der Waals surface area contributed by atoms with Crippen molar-refractivity contribution in [2.75, 3.05) is 26.3 Å². The molecule has 0 aliphatic rings. The number of hydrogen-bond acceptors (Lipinski definition) is 6. The second-order valence-electron chi connectivity index (χ2n) is 11.8. The van der Waals surface area contributed by atoms with Crippen LogP contribution in [-0.4, -0.2) is 49.7 Å². The highest BCUT2D eigenvalue weighted by Crippen LogP contribution is 2.15. The summed E-state index contributed by atoms with van der Waals surface area (Å²) >= 11 is 0. The zero-order valence-electron chi connectivity index (χ0n) is 25.1. The monoisotopic (exact) mass is 556 g/mol. The molecule has 0 saturated carbocycles. The van der Waals surface area contributed by atoms with E-state index in [1.54, 1.807) is 0 Å². The molecule has 0 radical (unpaired) electrons. The van der Waals surface area contributed by atoms with Crippen molar-refractivity contribution in [1.82, 2.24) is 10.6 Å². The summed E-state index contributed by atoms with van der Waals surface area (Å²) in [6.07, 6.45) is 4.84. The van der Waals surface area contributed by atoms with Crippen molar-refractivity contribution in [2.24, 2.45) is 0 Å². The van der Waals surface area contributed by atoms with Gasteiger partial charge in [0.25, 0.3) is 0 Å². The first-order valence-corrected chi connectivity index (χ1v) is 14.3. The maximum atomic E-state index is 11.7. The smallest absolute Gasteiger partial charge is 0.407 e. The molecule has 2 aromatic rings. The molecule has 40 heavy (non-hydrogen) atoms. The van der Waals surface area contributed by atoms with Gasteiger partial charge in [0, 0.05) is 13.1 Å². The van der Waals surface area contributed by atoms with Gasteiger partial charge in [-0.15, -0.1) is 0 Å². The number of hydrogen-bond donors (Lipinski definition) is 2. The Kier molecular flexibility index (Phi) is 13.6. The summed E-state index contributed by atoms with van der Waals surface area (Å²) in [5.74, 6) is 1.72. The topological polar surface area (TPSA) is 95.1 Å². The molecule has 2 N–H and O–H groups in total. The van der Waals surface area contributed by atoms with Crippen LogP contribution in [0.5, 0.6) is 11.5 Å². The van der Waals surface area contributed by atoms with E-state index in [4.69, 9.17) is 18.9 Å². The van der Waals surface area contributed by atoms with E-state index < -0.39 is 23.4 Å². The number of ether oxygens (including phenoxy) is 4. The van der Waals surface area contributed by atoms with Gasteiger partial charge in [0.15, 0.2) is 0 Å². The highest BCUT2D eigenvalue weighted by Gasteiger charge is 2.16. The Morgan fingerprint density at radius 2 is 0.925 bits per heavy atom. The summed E-state index contributed by atoms with van der Waals surface area (Å²) < 4.78 is 22.2. The Bertz CT molecular complexity index is 924. The molecule has 0 aliphatic carbocycles. The number of rotatable bonds is 15. The highest BCUT2D eigenvalue weighted by atomic mass is 16.6. The fourth-order valence-electron chi connectivity index (χ4n) is 3.69. The van der Waals surface area contributed by atoms with Gasteiger partial charge in [0.05, 0.1) is 13.2 Å². The Hall–Kier alpha value is -3.42. The molecule has 0 aromatic heterocycles. The van der Waals surface area contributed by atoms with Gasteiger partial charge in [-0.05, 0) is 115 Å². The summed E-state index contributed by atoms with van der Waals surface area (Å²) in [6, 6.07) is 16.0. The number of benzene rings is 2. The van der Waals surface area contributed by atoms with Crippen molar-refractivity contribution in [2.45, 2.75) is 91.3 Å². The lowest BCUT2D eigenvalue weighted by Crippen LogP contribution is -2.33. The lowest BCUT2D eigenvalue weighted by molar-refractivity contribution is 0.0517. The van der Waals surface area contributed by atoms with Crippen LogP contribution >= 0.6 is 0 Å². The molecule has 222 valence electrons. The van der Waals surface area contributed by atoms with Crippen molar-refractivity contribution >= 4 is 12.2 Å². The Morgan fingerprint density at radius 1 is 0.575 bits per heavy atom. The fourth-order valence-corrected chi connectivity index (χ4v) is 3.69. The molecule has 0 heterocycles. The van der Waals surface area contributed by atoms with Gasteiger partial charge >= 0.3 is 12.2 Å². The van der Waals surface area contributed by atoms with Gasteiger partial charge in [-0.1, -0.05) is 24.3 Å². The molecule has 2 rings (SSSR count). The molecular weight excluding hydrogens is 508 g/mol. The minimum absolute atomic E-state index is 0.393. The maximum absolute atomic E-state index is 11.7. The van der Waals surface area contributed by atoms with E-state index in [2.05, 4.69) is 10.6 Å². The van der Waals surface area contributed by atoms with E-state index in [-0.39, 0.29) is 0 Å². The van der Waals surface area contributed by atoms with Gasteiger partial charge < -0.3 is 29.6 Å². The molecule has 0 saturated heterocycles. The molecule has 8 nitrogen and oxygen atoms in total. The van der Waals surface area contributed by atoms with Crippen LogP contribution in [-0.2, 0) is 22.3 Å². The van der Waals surface area contributed by atoms with Crippen LogP contribution in [0.3, 0.4) is 0 Å². The molecular formula is C32H48N2O6. The Labute approximate surface area is 240 Å². The summed E-state index contributed by atoms with van der Waals surface area (Å²) in [6.45, 7) is 13.5. The SMILES string of the molecule is CC(C)(C)OC(=O)NCCc1ccc(OCCCCCCOc2ccc(CCNC(=O)OC(C)(C)C)cc2)cc1. The minimum atomic E-state index is -0.490. The van der Waals surface area contributed by atoms with Crippen LogP contribution < -0.4 is 20.1 Å². The quantitative estimate of drug-likeness (QED) is 0.233. The van der Waals surface area contributed by atoms with Crippen LogP contribution in [0.1, 0.15) is 78.4 Å². The van der Waals surface area contributed by atoms with E-state index in [0.29, 0.717) is 26.3 Å². The van der Waals surface area contributed by atoms with Gasteiger partial charge in [-0.3, -0.25) is 0 Å². The van der Waals surface area contributed by atoms with Gasteiger partial charge in [0.1, 0.15) is 22.7 Å². The minimum Gasteiger partial charge on any atom is -0.494 e. The molecule has 2 aromatic carbocycles. The Morgan fingerprint density at radius 3 is 1.25 bits per heavy atom. The number of unbranched alkanes of at least 4 members (excludes halogenated alkanes) is 3. The molecule has 0 atom stereocenters. The van der Waals surface area contributed by atoms with Crippen LogP contribution in [0.15, 0.2) is 48.5 Å². The standard InChI is InChI=1S/C32H48N2O6/c1-31(2,3)39-29(35)33-21-19-25-11-15-27(16-12-25)37-23-9-7-8-10-24-38-28-17-13-26(14-18-28)20-22-34-30(36)40-32(4,5)6/h11-18H,7-10,19-24H2,1-6H3,(H,33,35)(H,34,36). The van der Waals surface area contributed by atoms with Crippen molar-refractivity contribution in [3.05, 3.63) is 59.7 Å². The van der Waals surface area contributed by atoms with Crippen molar-refractivity contribution in [3.63, 3.8) is 0 Å². The van der Waals surface area contributed by atoms with Gasteiger partial charge in [0.2, 0.25) is 0 Å². The first-order valence-electron chi connectivity index (χ1n) is 14.3. The zero-order valence-corrected chi connectivity index (χ0v) is 25.1. The largest absolute Gasteiger partial charge is 0.494 e. The molecule has 0 fully saturated rings. The van der Waals surface area contributed by atoms with E-state index in [1.807, 2.05) is 90.1 Å². The number of amides is 2. The van der Waals surface area contributed by atoms with Gasteiger partial charge in [-0.25, -0.2) is 9.59 Å². The van der Waals surface area contributed by atoms with Gasteiger partial charge in [-0.2, -0.15) is 0 Å². The van der Waals surface area contributed by atoms with E-state index in [1.165, 1.54) is 0 Å². The molecule has 8 heteroatoms. The number of carbonyl (C=O) groups excluding carboxylic acids is 2. The highest BCUT2D eigenvalue weighted by molar-refractivity contribution is 5.68. The molecule has 0 spiro atoms. The van der Waals surface area contributed by atoms with Crippen molar-refractivity contribution < 1.29 is 28.5 Å².